The fourth-order valence-corrected chi connectivity index (χ4v) is 5.27. The zero-order valence-electron chi connectivity index (χ0n) is 16.5. The van der Waals surface area contributed by atoms with Gasteiger partial charge in [-0.05, 0) is 41.8 Å². The molecule has 2 aliphatic heterocycles. The second-order valence-corrected chi connectivity index (χ2v) is 9.22. The van der Waals surface area contributed by atoms with E-state index >= 15 is 0 Å². The van der Waals surface area contributed by atoms with E-state index in [2.05, 4.69) is 19.9 Å². The molecule has 0 saturated carbocycles. The van der Waals surface area contributed by atoms with E-state index < -0.39 is 15.9 Å². The van der Waals surface area contributed by atoms with Gasteiger partial charge in [0, 0.05) is 36.7 Å². The molecule has 154 valence electrons. The number of urea groups is 1. The minimum absolute atomic E-state index is 0.0873. The maximum atomic E-state index is 13.4. The molecular weight excluding hydrogens is 412 g/mol. The SMILES string of the molecule is O=C1N=C(c2ccccc2)C(S(=O)(=O)c2ccc3c(c2)CCN3Cc2cccnc2)=N1. The molecule has 0 unspecified atom stereocenters. The Balaban J connectivity index is 1.46. The maximum absolute atomic E-state index is 13.4. The van der Waals surface area contributed by atoms with Crippen LogP contribution >= 0.6 is 0 Å². The second kappa shape index (κ2) is 7.55. The number of aliphatic imine (C=N–C) groups is 2. The molecule has 0 radical (unpaired) electrons. The van der Waals surface area contributed by atoms with Gasteiger partial charge in [-0.1, -0.05) is 36.4 Å². The molecule has 2 amide bonds. The second-order valence-electron chi connectivity index (χ2n) is 7.35. The van der Waals surface area contributed by atoms with Crippen molar-refractivity contribution in [3.05, 3.63) is 89.7 Å². The standard InChI is InChI=1S/C23H18N4O3S/c28-23-25-21(17-6-2-1-3-7-17)22(26-23)31(29,30)19-8-9-20-18(13-19)10-12-27(20)15-16-5-4-11-24-14-16/h1-9,11,13-14H,10,12,15H2. The Kier molecular flexibility index (Phi) is 4.71. The lowest BCUT2D eigenvalue weighted by atomic mass is 10.1. The lowest BCUT2D eigenvalue weighted by Crippen LogP contribution is -2.23. The van der Waals surface area contributed by atoms with E-state index in [9.17, 15) is 13.2 Å². The van der Waals surface area contributed by atoms with Crippen LogP contribution in [0.5, 0.6) is 0 Å². The van der Waals surface area contributed by atoms with Gasteiger partial charge in [0.2, 0.25) is 9.84 Å². The van der Waals surface area contributed by atoms with Gasteiger partial charge in [0.25, 0.3) is 0 Å². The van der Waals surface area contributed by atoms with E-state index in [0.717, 1.165) is 29.8 Å². The number of carbonyl (C=O) groups excluding carboxylic acids is 1. The first-order valence-electron chi connectivity index (χ1n) is 9.81. The summed E-state index contributed by atoms with van der Waals surface area (Å²) in [6.07, 6.45) is 4.31. The lowest BCUT2D eigenvalue weighted by molar-refractivity contribution is 0.257. The summed E-state index contributed by atoms with van der Waals surface area (Å²) >= 11 is 0. The van der Waals surface area contributed by atoms with Crippen molar-refractivity contribution < 1.29 is 13.2 Å². The summed E-state index contributed by atoms with van der Waals surface area (Å²) in [6.45, 7) is 1.50. The highest BCUT2D eigenvalue weighted by atomic mass is 32.2. The Morgan fingerprint density at radius 1 is 0.968 bits per heavy atom. The van der Waals surface area contributed by atoms with Gasteiger partial charge in [-0.2, -0.15) is 9.98 Å². The third-order valence-electron chi connectivity index (χ3n) is 5.36. The number of amides is 2. The highest BCUT2D eigenvalue weighted by Gasteiger charge is 2.34. The van der Waals surface area contributed by atoms with E-state index in [0.29, 0.717) is 12.1 Å². The third-order valence-corrected chi connectivity index (χ3v) is 7.03. The third kappa shape index (κ3) is 3.55. The molecule has 3 heterocycles. The molecule has 0 fully saturated rings. The number of anilines is 1. The average Bonchev–Trinajstić information content (AvgIpc) is 3.39. The Hall–Kier alpha value is -3.65. The predicted octanol–water partition coefficient (Wildman–Crippen LogP) is 3.44. The molecule has 5 rings (SSSR count). The molecule has 0 aliphatic carbocycles. The van der Waals surface area contributed by atoms with Gasteiger partial charge in [0.05, 0.1) is 4.90 Å². The van der Waals surface area contributed by atoms with Crippen molar-refractivity contribution in [2.24, 2.45) is 9.98 Å². The van der Waals surface area contributed by atoms with Gasteiger partial charge in [-0.25, -0.2) is 13.2 Å². The Morgan fingerprint density at radius 2 is 1.81 bits per heavy atom. The van der Waals surface area contributed by atoms with E-state index in [1.54, 1.807) is 42.6 Å². The minimum Gasteiger partial charge on any atom is -0.367 e. The van der Waals surface area contributed by atoms with Gasteiger partial charge >= 0.3 is 6.03 Å². The van der Waals surface area contributed by atoms with Crippen molar-refractivity contribution in [1.82, 2.24) is 4.98 Å². The van der Waals surface area contributed by atoms with Gasteiger partial charge < -0.3 is 4.90 Å². The van der Waals surface area contributed by atoms with Gasteiger partial charge in [0.15, 0.2) is 5.04 Å². The maximum Gasteiger partial charge on any atom is 0.369 e. The number of aromatic nitrogens is 1. The number of sulfone groups is 1. The highest BCUT2D eigenvalue weighted by Crippen LogP contribution is 2.32. The van der Waals surface area contributed by atoms with Crippen molar-refractivity contribution >= 4 is 32.3 Å². The molecule has 2 aromatic carbocycles. The number of rotatable bonds is 4. The van der Waals surface area contributed by atoms with Crippen LogP contribution in [0.1, 0.15) is 16.7 Å². The fourth-order valence-electron chi connectivity index (χ4n) is 3.88. The smallest absolute Gasteiger partial charge is 0.367 e. The van der Waals surface area contributed by atoms with Crippen LogP contribution in [0.25, 0.3) is 0 Å². The van der Waals surface area contributed by atoms with E-state index in [1.165, 1.54) is 0 Å². The summed E-state index contributed by atoms with van der Waals surface area (Å²) in [5, 5.41) is -0.297. The van der Waals surface area contributed by atoms with Crippen molar-refractivity contribution in [3.8, 4) is 0 Å². The lowest BCUT2D eigenvalue weighted by Gasteiger charge is -2.19. The monoisotopic (exact) mass is 430 g/mol. The van der Waals surface area contributed by atoms with Crippen LogP contribution in [0.4, 0.5) is 10.5 Å². The van der Waals surface area contributed by atoms with E-state index in [-0.39, 0.29) is 15.7 Å². The molecule has 7 nitrogen and oxygen atoms in total. The summed E-state index contributed by atoms with van der Waals surface area (Å²) in [5.41, 5.74) is 3.68. The number of nitrogens with zero attached hydrogens (tertiary/aromatic N) is 4. The van der Waals surface area contributed by atoms with Crippen molar-refractivity contribution in [2.45, 2.75) is 17.9 Å². The van der Waals surface area contributed by atoms with Crippen molar-refractivity contribution in [2.75, 3.05) is 11.4 Å². The van der Waals surface area contributed by atoms with Crippen LogP contribution < -0.4 is 4.90 Å². The first-order chi connectivity index (χ1) is 15.0. The Morgan fingerprint density at radius 3 is 2.58 bits per heavy atom. The van der Waals surface area contributed by atoms with Gasteiger partial charge in [-0.3, -0.25) is 4.98 Å². The molecule has 3 aromatic rings. The molecule has 0 N–H and O–H groups in total. The average molecular weight is 430 g/mol. The minimum atomic E-state index is -4.00. The molecule has 2 aliphatic rings. The Labute approximate surface area is 179 Å². The number of hydrogen-bond donors (Lipinski definition) is 0. The van der Waals surface area contributed by atoms with E-state index in [4.69, 9.17) is 0 Å². The molecule has 0 saturated heterocycles. The fraction of sp³-hybridized carbons (Fsp3) is 0.130. The zero-order valence-corrected chi connectivity index (χ0v) is 17.3. The Bertz CT molecular complexity index is 1330. The van der Waals surface area contributed by atoms with Gasteiger partial charge in [0.1, 0.15) is 5.71 Å². The van der Waals surface area contributed by atoms with Crippen molar-refractivity contribution in [3.63, 3.8) is 0 Å². The summed E-state index contributed by atoms with van der Waals surface area (Å²) in [4.78, 5) is 25.9. The number of hydrogen-bond acceptors (Lipinski definition) is 5. The number of carbonyl (C=O) groups is 1. The summed E-state index contributed by atoms with van der Waals surface area (Å²) in [5.74, 6) is 0. The topological polar surface area (TPSA) is 92.1 Å². The summed E-state index contributed by atoms with van der Waals surface area (Å²) in [7, 11) is -4.00. The molecule has 0 spiro atoms. The molecule has 0 bridgehead atoms. The predicted molar refractivity (Wildman–Crippen MR) is 118 cm³/mol. The van der Waals surface area contributed by atoms with Crippen LogP contribution in [-0.4, -0.2) is 36.7 Å². The zero-order chi connectivity index (χ0) is 21.4. The van der Waals surface area contributed by atoms with E-state index in [1.807, 2.05) is 30.5 Å². The first-order valence-corrected chi connectivity index (χ1v) is 11.3. The normalized spacial score (nSPS) is 15.6. The summed E-state index contributed by atoms with van der Waals surface area (Å²) in [6, 6.07) is 16.9. The molecule has 8 heteroatoms. The number of pyridine rings is 1. The molecule has 1 aromatic heterocycles. The molecule has 0 atom stereocenters. The highest BCUT2D eigenvalue weighted by molar-refractivity contribution is 8.08. The molecular formula is C23H18N4O3S. The van der Waals surface area contributed by atoms with Crippen LogP contribution in [0.15, 0.2) is 87.9 Å². The molecule has 31 heavy (non-hydrogen) atoms. The summed E-state index contributed by atoms with van der Waals surface area (Å²) < 4.78 is 26.7. The van der Waals surface area contributed by atoms with Crippen LogP contribution in [0.2, 0.25) is 0 Å². The first kappa shape index (κ1) is 19.3. The van der Waals surface area contributed by atoms with Crippen molar-refractivity contribution in [1.29, 1.82) is 0 Å². The van der Waals surface area contributed by atoms with Crippen LogP contribution in [0, 0.1) is 0 Å². The van der Waals surface area contributed by atoms with Gasteiger partial charge in [-0.15, -0.1) is 0 Å². The number of fused-ring (bicyclic) bond motifs is 1. The quantitative estimate of drug-likeness (QED) is 0.632. The largest absolute Gasteiger partial charge is 0.369 e. The van der Waals surface area contributed by atoms with Crippen LogP contribution in [-0.2, 0) is 22.8 Å². The number of benzene rings is 2. The van der Waals surface area contributed by atoms with Crippen LogP contribution in [0.3, 0.4) is 0 Å².